The van der Waals surface area contributed by atoms with Crippen LogP contribution in [0.3, 0.4) is 0 Å². The van der Waals surface area contributed by atoms with Gasteiger partial charge in [0, 0.05) is 10.8 Å². The molecule has 0 N–H and O–H groups in total. The van der Waals surface area contributed by atoms with Gasteiger partial charge in [-0.05, 0) is 51.6 Å². The van der Waals surface area contributed by atoms with Gasteiger partial charge in [-0.25, -0.2) is 0 Å². The van der Waals surface area contributed by atoms with Crippen LogP contribution in [0.25, 0.3) is 0 Å². The van der Waals surface area contributed by atoms with Crippen LogP contribution in [0.1, 0.15) is 60.1 Å². The number of hydrogen-bond donors (Lipinski definition) is 0. The molecule has 4 aromatic carbocycles. The summed E-state index contributed by atoms with van der Waals surface area (Å²) in [4.78, 5) is 0. The minimum Gasteiger partial charge on any atom is -0.0622 e. The molecule has 0 heteroatoms. The summed E-state index contributed by atoms with van der Waals surface area (Å²) in [5.41, 5.74) is 8.87. The van der Waals surface area contributed by atoms with E-state index in [1.807, 2.05) is 0 Å². The maximum atomic E-state index is 2.42. The van der Waals surface area contributed by atoms with Crippen LogP contribution in [0.4, 0.5) is 0 Å². The Bertz CT molecular complexity index is 1210. The highest BCUT2D eigenvalue weighted by Gasteiger charge is 2.59. The summed E-state index contributed by atoms with van der Waals surface area (Å²) in [6, 6.07) is 40.8. The molecule has 4 aromatic rings. The van der Waals surface area contributed by atoms with Gasteiger partial charge >= 0.3 is 0 Å². The van der Waals surface area contributed by atoms with E-state index in [0.29, 0.717) is 0 Å². The quantitative estimate of drug-likeness (QED) is 0.329. The van der Waals surface area contributed by atoms with E-state index in [1.165, 1.54) is 33.4 Å². The Morgan fingerprint density at radius 2 is 0.871 bits per heavy atom. The van der Waals surface area contributed by atoms with Crippen molar-refractivity contribution in [2.75, 3.05) is 0 Å². The standard InChI is InChI=1S/C31H28/c1-29(2)21-30(26-18-10-9-17-25(26)29)22-31(23-13-5-3-6-14-23,24-15-7-4-8-16-24)28-20-12-11-19-27(28)30/h3-20H,21-22H2,1-2H3. The van der Waals surface area contributed by atoms with Crippen LogP contribution in [-0.4, -0.2) is 0 Å². The van der Waals surface area contributed by atoms with Crippen molar-refractivity contribution in [3.05, 3.63) is 143 Å². The Morgan fingerprint density at radius 1 is 0.452 bits per heavy atom. The maximum Gasteiger partial charge on any atom is 0.0466 e. The van der Waals surface area contributed by atoms with Crippen molar-refractivity contribution in [1.82, 2.24) is 0 Å². The monoisotopic (exact) mass is 400 g/mol. The van der Waals surface area contributed by atoms with E-state index in [2.05, 4.69) is 123 Å². The van der Waals surface area contributed by atoms with Crippen molar-refractivity contribution in [2.45, 2.75) is 42.9 Å². The van der Waals surface area contributed by atoms with Gasteiger partial charge in [0.25, 0.3) is 0 Å². The molecule has 2 aliphatic carbocycles. The van der Waals surface area contributed by atoms with Gasteiger partial charge in [-0.2, -0.15) is 0 Å². The van der Waals surface area contributed by atoms with E-state index < -0.39 is 0 Å². The molecule has 0 radical (unpaired) electrons. The first-order valence-corrected chi connectivity index (χ1v) is 11.4. The molecule has 31 heavy (non-hydrogen) atoms. The third-order valence-electron chi connectivity index (χ3n) is 7.92. The Hall–Kier alpha value is -3.12. The molecule has 6 rings (SSSR count). The molecule has 0 bridgehead atoms. The summed E-state index contributed by atoms with van der Waals surface area (Å²) < 4.78 is 0. The summed E-state index contributed by atoms with van der Waals surface area (Å²) in [7, 11) is 0. The summed E-state index contributed by atoms with van der Waals surface area (Å²) in [6.07, 6.45) is 2.23. The minimum absolute atomic E-state index is 0.0301. The fourth-order valence-corrected chi connectivity index (χ4v) is 6.88. The molecule has 1 unspecified atom stereocenters. The second-order valence-electron chi connectivity index (χ2n) is 10.0. The van der Waals surface area contributed by atoms with Crippen LogP contribution in [-0.2, 0) is 16.2 Å². The zero-order valence-corrected chi connectivity index (χ0v) is 18.3. The number of fused-ring (bicyclic) bond motifs is 4. The molecule has 0 saturated heterocycles. The van der Waals surface area contributed by atoms with Crippen LogP contribution < -0.4 is 0 Å². The summed E-state index contributed by atoms with van der Waals surface area (Å²) >= 11 is 0. The fourth-order valence-electron chi connectivity index (χ4n) is 6.88. The lowest BCUT2D eigenvalue weighted by Crippen LogP contribution is -2.31. The van der Waals surface area contributed by atoms with Gasteiger partial charge in [0.05, 0.1) is 0 Å². The molecule has 0 saturated carbocycles. The van der Waals surface area contributed by atoms with Crippen molar-refractivity contribution >= 4 is 0 Å². The average molecular weight is 401 g/mol. The van der Waals surface area contributed by atoms with E-state index in [4.69, 9.17) is 0 Å². The van der Waals surface area contributed by atoms with Crippen molar-refractivity contribution in [3.63, 3.8) is 0 Å². The van der Waals surface area contributed by atoms with Gasteiger partial charge in [0.2, 0.25) is 0 Å². The van der Waals surface area contributed by atoms with Crippen LogP contribution in [0.2, 0.25) is 0 Å². The summed E-state index contributed by atoms with van der Waals surface area (Å²) in [5.74, 6) is 0. The van der Waals surface area contributed by atoms with Gasteiger partial charge in [-0.1, -0.05) is 123 Å². The first-order chi connectivity index (χ1) is 15.1. The van der Waals surface area contributed by atoms with Crippen molar-refractivity contribution in [2.24, 2.45) is 0 Å². The molecular formula is C31H28. The summed E-state index contributed by atoms with van der Waals surface area (Å²) in [5, 5.41) is 0. The van der Waals surface area contributed by atoms with E-state index in [-0.39, 0.29) is 16.2 Å². The smallest absolute Gasteiger partial charge is 0.0466 e. The van der Waals surface area contributed by atoms with E-state index >= 15 is 0 Å². The zero-order chi connectivity index (χ0) is 21.1. The largest absolute Gasteiger partial charge is 0.0622 e. The summed E-state index contributed by atoms with van der Waals surface area (Å²) in [6.45, 7) is 4.85. The molecule has 152 valence electrons. The molecular weight excluding hydrogens is 372 g/mol. The van der Waals surface area contributed by atoms with Crippen LogP contribution in [0, 0.1) is 0 Å². The molecule has 2 aliphatic rings. The number of benzene rings is 4. The lowest BCUT2D eigenvalue weighted by atomic mass is 9.66. The van der Waals surface area contributed by atoms with Gasteiger partial charge in [-0.3, -0.25) is 0 Å². The van der Waals surface area contributed by atoms with Crippen molar-refractivity contribution in [3.8, 4) is 0 Å². The lowest BCUT2D eigenvalue weighted by molar-refractivity contribution is 0.369. The van der Waals surface area contributed by atoms with Gasteiger partial charge < -0.3 is 0 Å². The normalized spacial score (nSPS) is 22.3. The average Bonchev–Trinajstić information content (AvgIpc) is 3.24. The third-order valence-corrected chi connectivity index (χ3v) is 7.92. The predicted molar refractivity (Wildman–Crippen MR) is 129 cm³/mol. The Morgan fingerprint density at radius 3 is 1.42 bits per heavy atom. The van der Waals surface area contributed by atoms with Crippen molar-refractivity contribution < 1.29 is 0 Å². The minimum atomic E-state index is -0.146. The number of rotatable bonds is 2. The molecule has 1 spiro atoms. The molecule has 0 amide bonds. The Labute approximate surface area is 185 Å². The third kappa shape index (κ3) is 2.42. The molecule has 0 aliphatic heterocycles. The van der Waals surface area contributed by atoms with Crippen LogP contribution >= 0.6 is 0 Å². The fraction of sp³-hybridized carbons (Fsp3) is 0.226. The Kier molecular flexibility index (Phi) is 3.87. The van der Waals surface area contributed by atoms with E-state index in [0.717, 1.165) is 12.8 Å². The lowest BCUT2D eigenvalue weighted by Gasteiger charge is -2.35. The topological polar surface area (TPSA) is 0 Å². The Balaban J connectivity index is 1.71. The first-order valence-electron chi connectivity index (χ1n) is 11.4. The molecule has 1 atom stereocenters. The van der Waals surface area contributed by atoms with Gasteiger partial charge in [0.1, 0.15) is 0 Å². The maximum absolute atomic E-state index is 2.42. The zero-order valence-electron chi connectivity index (χ0n) is 18.3. The van der Waals surface area contributed by atoms with E-state index in [9.17, 15) is 0 Å². The first kappa shape index (κ1) is 18.6. The molecule has 0 aromatic heterocycles. The highest BCUT2D eigenvalue weighted by molar-refractivity contribution is 5.66. The van der Waals surface area contributed by atoms with Crippen molar-refractivity contribution in [1.29, 1.82) is 0 Å². The molecule has 0 heterocycles. The predicted octanol–water partition coefficient (Wildman–Crippen LogP) is 7.39. The molecule has 0 nitrogen and oxygen atoms in total. The van der Waals surface area contributed by atoms with Gasteiger partial charge in [0.15, 0.2) is 0 Å². The second-order valence-corrected chi connectivity index (χ2v) is 10.0. The SMILES string of the molecule is CC1(C)CC2(CC(c3ccccc3)(c3ccccc3)c3ccccc32)c2ccccc21. The van der Waals surface area contributed by atoms with E-state index in [1.54, 1.807) is 0 Å². The molecule has 0 fully saturated rings. The van der Waals surface area contributed by atoms with Gasteiger partial charge in [-0.15, -0.1) is 0 Å². The number of hydrogen-bond acceptors (Lipinski definition) is 0. The second kappa shape index (κ2) is 6.44. The van der Waals surface area contributed by atoms with Crippen LogP contribution in [0.15, 0.2) is 109 Å². The van der Waals surface area contributed by atoms with Crippen LogP contribution in [0.5, 0.6) is 0 Å². The highest BCUT2D eigenvalue weighted by Crippen LogP contribution is 2.65. The highest BCUT2D eigenvalue weighted by atomic mass is 14.6.